The molecule has 2 aliphatic rings. The zero-order valence-corrected chi connectivity index (χ0v) is 11.6. The second-order valence-electron chi connectivity index (χ2n) is 5.51. The first-order chi connectivity index (χ1) is 9.88. The van der Waals surface area contributed by atoms with E-state index in [0.717, 1.165) is 13.0 Å². The third-order valence-electron chi connectivity index (χ3n) is 4.24. The molecule has 20 heavy (non-hydrogen) atoms. The monoisotopic (exact) mass is 265 g/mol. The summed E-state index contributed by atoms with van der Waals surface area (Å²) < 4.78 is 0. The van der Waals surface area contributed by atoms with Crippen LogP contribution < -0.4 is 15.5 Å². The number of para-hydroxylation sites is 3. The van der Waals surface area contributed by atoms with Gasteiger partial charge in [-0.25, -0.2) is 0 Å². The highest BCUT2D eigenvalue weighted by Crippen LogP contribution is 2.45. The van der Waals surface area contributed by atoms with E-state index in [0.29, 0.717) is 12.2 Å². The Hall–Kier alpha value is -2.16. The summed E-state index contributed by atoms with van der Waals surface area (Å²) in [5, 5.41) is 7.40. The summed E-state index contributed by atoms with van der Waals surface area (Å²) in [5.74, 6) is 0. The highest BCUT2D eigenvalue weighted by molar-refractivity contribution is 5.77. The van der Waals surface area contributed by atoms with Crippen LogP contribution in [0.25, 0.3) is 0 Å². The number of benzene rings is 2. The molecule has 2 atom stereocenters. The first kappa shape index (κ1) is 11.6. The molecule has 0 saturated heterocycles. The SMILES string of the molecule is CCCN1c2ccccc2C2Nc3ccccc3NC21. The van der Waals surface area contributed by atoms with Gasteiger partial charge in [0.1, 0.15) is 6.17 Å². The molecule has 2 aromatic rings. The summed E-state index contributed by atoms with van der Waals surface area (Å²) in [4.78, 5) is 2.49. The van der Waals surface area contributed by atoms with E-state index in [1.165, 1.54) is 22.6 Å². The fourth-order valence-corrected chi connectivity index (χ4v) is 3.39. The lowest BCUT2D eigenvalue weighted by atomic mass is 10.0. The van der Waals surface area contributed by atoms with Crippen LogP contribution in [0, 0.1) is 0 Å². The lowest BCUT2D eigenvalue weighted by Crippen LogP contribution is -2.45. The van der Waals surface area contributed by atoms with Gasteiger partial charge in [-0.2, -0.15) is 0 Å². The average molecular weight is 265 g/mol. The second-order valence-corrected chi connectivity index (χ2v) is 5.51. The van der Waals surface area contributed by atoms with Crippen LogP contribution >= 0.6 is 0 Å². The van der Waals surface area contributed by atoms with Crippen LogP contribution in [0.4, 0.5) is 17.1 Å². The van der Waals surface area contributed by atoms with Gasteiger partial charge in [0.2, 0.25) is 0 Å². The molecule has 0 aliphatic carbocycles. The van der Waals surface area contributed by atoms with Crippen LogP contribution in [-0.4, -0.2) is 12.7 Å². The average Bonchev–Trinajstić information content (AvgIpc) is 2.80. The van der Waals surface area contributed by atoms with E-state index in [1.807, 2.05) is 0 Å². The summed E-state index contributed by atoms with van der Waals surface area (Å²) >= 11 is 0. The third kappa shape index (κ3) is 1.59. The zero-order valence-electron chi connectivity index (χ0n) is 11.6. The molecule has 0 amide bonds. The lowest BCUT2D eigenvalue weighted by molar-refractivity contribution is 0.599. The number of hydrogen-bond acceptors (Lipinski definition) is 3. The van der Waals surface area contributed by atoms with Gasteiger partial charge in [-0.3, -0.25) is 0 Å². The molecule has 0 saturated carbocycles. The molecule has 0 aromatic heterocycles. The van der Waals surface area contributed by atoms with Crippen molar-refractivity contribution in [3.05, 3.63) is 54.1 Å². The van der Waals surface area contributed by atoms with E-state index in [2.05, 4.69) is 71.0 Å². The van der Waals surface area contributed by atoms with E-state index in [4.69, 9.17) is 0 Å². The number of hydrogen-bond donors (Lipinski definition) is 2. The lowest BCUT2D eigenvalue weighted by Gasteiger charge is -2.37. The summed E-state index contributed by atoms with van der Waals surface area (Å²) in [6.45, 7) is 3.31. The van der Waals surface area contributed by atoms with Crippen molar-refractivity contribution in [1.82, 2.24) is 0 Å². The van der Waals surface area contributed by atoms with Crippen molar-refractivity contribution in [3.63, 3.8) is 0 Å². The van der Waals surface area contributed by atoms with Crippen molar-refractivity contribution in [3.8, 4) is 0 Å². The van der Waals surface area contributed by atoms with Crippen molar-refractivity contribution in [2.45, 2.75) is 25.6 Å². The number of nitrogens with zero attached hydrogens (tertiary/aromatic N) is 1. The van der Waals surface area contributed by atoms with Gasteiger partial charge < -0.3 is 15.5 Å². The van der Waals surface area contributed by atoms with Crippen LogP contribution in [0.15, 0.2) is 48.5 Å². The van der Waals surface area contributed by atoms with Gasteiger partial charge in [0.05, 0.1) is 17.4 Å². The van der Waals surface area contributed by atoms with E-state index < -0.39 is 0 Å². The van der Waals surface area contributed by atoms with Crippen molar-refractivity contribution in [2.75, 3.05) is 22.1 Å². The molecular weight excluding hydrogens is 246 g/mol. The minimum absolute atomic E-state index is 0.308. The Balaban J connectivity index is 1.79. The Kier molecular flexibility index (Phi) is 2.59. The van der Waals surface area contributed by atoms with Crippen LogP contribution in [0.1, 0.15) is 24.9 Å². The molecule has 0 spiro atoms. The first-order valence-corrected chi connectivity index (χ1v) is 7.36. The Morgan fingerprint density at radius 3 is 2.45 bits per heavy atom. The Labute approximate surface area is 119 Å². The molecule has 2 heterocycles. The van der Waals surface area contributed by atoms with Crippen molar-refractivity contribution in [1.29, 1.82) is 0 Å². The largest absolute Gasteiger partial charge is 0.373 e. The second kappa shape index (κ2) is 4.44. The smallest absolute Gasteiger partial charge is 0.124 e. The van der Waals surface area contributed by atoms with Crippen LogP contribution in [0.2, 0.25) is 0 Å². The molecular formula is C17H19N3. The number of rotatable bonds is 2. The van der Waals surface area contributed by atoms with Gasteiger partial charge in [-0.15, -0.1) is 0 Å². The van der Waals surface area contributed by atoms with Crippen LogP contribution in [0.5, 0.6) is 0 Å². The Morgan fingerprint density at radius 1 is 0.950 bits per heavy atom. The third-order valence-corrected chi connectivity index (χ3v) is 4.24. The molecule has 2 aromatic carbocycles. The fraction of sp³-hybridized carbons (Fsp3) is 0.294. The Morgan fingerprint density at radius 2 is 1.65 bits per heavy atom. The minimum atomic E-state index is 0.308. The van der Waals surface area contributed by atoms with E-state index in [9.17, 15) is 0 Å². The molecule has 3 nitrogen and oxygen atoms in total. The number of anilines is 3. The summed E-state index contributed by atoms with van der Waals surface area (Å²) in [6, 6.07) is 17.5. The zero-order chi connectivity index (χ0) is 13.5. The van der Waals surface area contributed by atoms with Crippen molar-refractivity contribution < 1.29 is 0 Å². The molecule has 2 N–H and O–H groups in total. The first-order valence-electron chi connectivity index (χ1n) is 7.36. The maximum Gasteiger partial charge on any atom is 0.124 e. The number of nitrogens with one attached hydrogen (secondary N) is 2. The quantitative estimate of drug-likeness (QED) is 0.864. The molecule has 0 fully saturated rings. The standard InChI is InChI=1S/C17H19N3/c1-2-11-20-15-10-6-3-7-12(15)16-17(20)19-14-9-5-4-8-13(14)18-16/h3-10,16-19H,2,11H2,1H3. The van der Waals surface area contributed by atoms with Gasteiger partial charge in [-0.1, -0.05) is 37.3 Å². The van der Waals surface area contributed by atoms with E-state index in [1.54, 1.807) is 0 Å². The summed E-state index contributed by atoms with van der Waals surface area (Å²) in [5.41, 5.74) is 5.15. The maximum atomic E-state index is 3.70. The minimum Gasteiger partial charge on any atom is -0.373 e. The van der Waals surface area contributed by atoms with Gasteiger partial charge in [0.25, 0.3) is 0 Å². The predicted octanol–water partition coefficient (Wildman–Crippen LogP) is 3.82. The molecule has 2 unspecified atom stereocenters. The van der Waals surface area contributed by atoms with Crippen molar-refractivity contribution >= 4 is 17.1 Å². The Bertz CT molecular complexity index is 638. The molecule has 4 rings (SSSR count). The highest BCUT2D eigenvalue weighted by atomic mass is 15.3. The van der Waals surface area contributed by atoms with Gasteiger partial charge in [-0.05, 0) is 24.6 Å². The predicted molar refractivity (Wildman–Crippen MR) is 84.3 cm³/mol. The van der Waals surface area contributed by atoms with E-state index in [-0.39, 0.29) is 0 Å². The molecule has 102 valence electrons. The number of fused-ring (bicyclic) bond motifs is 4. The molecule has 0 radical (unpaired) electrons. The van der Waals surface area contributed by atoms with Gasteiger partial charge in [0.15, 0.2) is 0 Å². The van der Waals surface area contributed by atoms with E-state index >= 15 is 0 Å². The molecule has 2 aliphatic heterocycles. The van der Waals surface area contributed by atoms with Crippen LogP contribution in [-0.2, 0) is 0 Å². The highest BCUT2D eigenvalue weighted by Gasteiger charge is 2.40. The van der Waals surface area contributed by atoms with Gasteiger partial charge in [0, 0.05) is 17.8 Å². The molecule has 3 heteroatoms. The normalized spacial score (nSPS) is 22.4. The maximum absolute atomic E-state index is 3.70. The van der Waals surface area contributed by atoms with Gasteiger partial charge >= 0.3 is 0 Å². The topological polar surface area (TPSA) is 27.3 Å². The molecule has 0 bridgehead atoms. The fourth-order valence-electron chi connectivity index (χ4n) is 3.39. The summed E-state index contributed by atoms with van der Waals surface area (Å²) in [6.07, 6.45) is 1.46. The van der Waals surface area contributed by atoms with Crippen LogP contribution in [0.3, 0.4) is 0 Å². The summed E-state index contributed by atoms with van der Waals surface area (Å²) in [7, 11) is 0. The van der Waals surface area contributed by atoms with Crippen molar-refractivity contribution in [2.24, 2.45) is 0 Å².